The van der Waals surface area contributed by atoms with E-state index in [1.165, 1.54) is 49.9 Å². The van der Waals surface area contributed by atoms with Crippen LogP contribution < -0.4 is 10.6 Å². The van der Waals surface area contributed by atoms with Gasteiger partial charge in [-0.05, 0) is 62.4 Å². The number of rotatable bonds is 5. The number of anilines is 1. The summed E-state index contributed by atoms with van der Waals surface area (Å²) in [6.45, 7) is 4.12. The van der Waals surface area contributed by atoms with E-state index in [0.29, 0.717) is 12.6 Å². The standard InChI is InChI=1S/C16H25ClN2/c1-2-5-15-6-3-4-11-19(15)16-8-7-14(17)12-13(16)9-10-18/h7-8,12,15H,2-6,9-11,18H2,1H3. The van der Waals surface area contributed by atoms with Crippen molar-refractivity contribution in [2.45, 2.75) is 51.5 Å². The number of benzene rings is 1. The predicted molar refractivity (Wildman–Crippen MR) is 84.1 cm³/mol. The summed E-state index contributed by atoms with van der Waals surface area (Å²) < 4.78 is 0. The quantitative estimate of drug-likeness (QED) is 0.883. The van der Waals surface area contributed by atoms with Crippen LogP contribution in [0.3, 0.4) is 0 Å². The molecule has 1 aromatic carbocycles. The maximum Gasteiger partial charge on any atom is 0.0410 e. The second-order valence-corrected chi connectivity index (χ2v) is 5.88. The normalized spacial score (nSPS) is 19.7. The van der Waals surface area contributed by atoms with E-state index in [2.05, 4.69) is 24.0 Å². The van der Waals surface area contributed by atoms with Gasteiger partial charge in [-0.1, -0.05) is 24.9 Å². The minimum atomic E-state index is 0.680. The van der Waals surface area contributed by atoms with Crippen LogP contribution in [0.2, 0.25) is 5.02 Å². The molecule has 1 aliphatic heterocycles. The van der Waals surface area contributed by atoms with E-state index in [1.807, 2.05) is 6.07 Å². The average Bonchev–Trinajstić information content (AvgIpc) is 2.41. The van der Waals surface area contributed by atoms with Crippen LogP contribution in [0.5, 0.6) is 0 Å². The molecular weight excluding hydrogens is 256 g/mol. The van der Waals surface area contributed by atoms with Crippen molar-refractivity contribution in [1.29, 1.82) is 0 Å². The Hall–Kier alpha value is -0.730. The van der Waals surface area contributed by atoms with Gasteiger partial charge in [0.2, 0.25) is 0 Å². The van der Waals surface area contributed by atoms with E-state index in [0.717, 1.165) is 11.4 Å². The van der Waals surface area contributed by atoms with Gasteiger partial charge in [-0.15, -0.1) is 0 Å². The van der Waals surface area contributed by atoms with Gasteiger partial charge in [-0.3, -0.25) is 0 Å². The lowest BCUT2D eigenvalue weighted by atomic mass is 9.96. The van der Waals surface area contributed by atoms with Gasteiger partial charge in [-0.2, -0.15) is 0 Å². The highest BCUT2D eigenvalue weighted by Gasteiger charge is 2.23. The predicted octanol–water partition coefficient (Wildman–Crippen LogP) is 4.00. The van der Waals surface area contributed by atoms with Crippen LogP contribution in [0.15, 0.2) is 18.2 Å². The number of halogens is 1. The molecule has 1 aromatic rings. The molecular formula is C16H25ClN2. The third-order valence-electron chi connectivity index (χ3n) is 4.01. The lowest BCUT2D eigenvalue weighted by Crippen LogP contribution is -2.40. The molecule has 0 aromatic heterocycles. The van der Waals surface area contributed by atoms with Crippen molar-refractivity contribution < 1.29 is 0 Å². The Balaban J connectivity index is 2.27. The van der Waals surface area contributed by atoms with Crippen molar-refractivity contribution in [2.24, 2.45) is 5.73 Å². The Bertz CT molecular complexity index is 404. The van der Waals surface area contributed by atoms with Gasteiger partial charge in [-0.25, -0.2) is 0 Å². The fourth-order valence-corrected chi connectivity index (χ4v) is 3.34. The second kappa shape index (κ2) is 7.16. The molecule has 0 bridgehead atoms. The van der Waals surface area contributed by atoms with Gasteiger partial charge in [0, 0.05) is 23.3 Å². The molecule has 0 radical (unpaired) electrons. The van der Waals surface area contributed by atoms with Gasteiger partial charge >= 0.3 is 0 Å². The Kier molecular flexibility index (Phi) is 5.53. The second-order valence-electron chi connectivity index (χ2n) is 5.44. The summed E-state index contributed by atoms with van der Waals surface area (Å²) in [6.07, 6.45) is 7.42. The molecule has 0 spiro atoms. The fourth-order valence-electron chi connectivity index (χ4n) is 3.14. The van der Waals surface area contributed by atoms with E-state index in [1.54, 1.807) is 0 Å². The minimum Gasteiger partial charge on any atom is -0.368 e. The average molecular weight is 281 g/mol. The molecule has 1 heterocycles. The monoisotopic (exact) mass is 280 g/mol. The van der Waals surface area contributed by atoms with Crippen molar-refractivity contribution >= 4 is 17.3 Å². The molecule has 0 amide bonds. The molecule has 1 fully saturated rings. The molecule has 1 aliphatic rings. The topological polar surface area (TPSA) is 29.3 Å². The van der Waals surface area contributed by atoms with Gasteiger partial charge in [0.15, 0.2) is 0 Å². The van der Waals surface area contributed by atoms with Gasteiger partial charge in [0.1, 0.15) is 0 Å². The molecule has 0 aliphatic carbocycles. The van der Waals surface area contributed by atoms with E-state index in [4.69, 9.17) is 17.3 Å². The lowest BCUT2D eigenvalue weighted by Gasteiger charge is -2.39. The summed E-state index contributed by atoms with van der Waals surface area (Å²) in [6, 6.07) is 6.97. The summed E-state index contributed by atoms with van der Waals surface area (Å²) in [5.74, 6) is 0. The van der Waals surface area contributed by atoms with Crippen LogP contribution >= 0.6 is 11.6 Å². The number of hydrogen-bond donors (Lipinski definition) is 1. The van der Waals surface area contributed by atoms with Crippen LogP contribution in [-0.2, 0) is 6.42 Å². The number of piperidine rings is 1. The first-order valence-electron chi connectivity index (χ1n) is 7.51. The maximum atomic E-state index is 6.13. The van der Waals surface area contributed by atoms with E-state index >= 15 is 0 Å². The third-order valence-corrected chi connectivity index (χ3v) is 4.25. The number of hydrogen-bond acceptors (Lipinski definition) is 2. The maximum absolute atomic E-state index is 6.13. The van der Waals surface area contributed by atoms with Crippen molar-refractivity contribution in [3.8, 4) is 0 Å². The Morgan fingerprint density at radius 1 is 1.37 bits per heavy atom. The number of nitrogens with two attached hydrogens (primary N) is 1. The van der Waals surface area contributed by atoms with Crippen molar-refractivity contribution in [1.82, 2.24) is 0 Å². The molecule has 19 heavy (non-hydrogen) atoms. The summed E-state index contributed by atoms with van der Waals surface area (Å²) >= 11 is 6.13. The summed E-state index contributed by atoms with van der Waals surface area (Å²) in [5, 5.41) is 0.816. The SMILES string of the molecule is CCCC1CCCCN1c1ccc(Cl)cc1CCN. The molecule has 0 saturated carbocycles. The zero-order chi connectivity index (χ0) is 13.7. The molecule has 106 valence electrons. The van der Waals surface area contributed by atoms with E-state index in [-0.39, 0.29) is 0 Å². The zero-order valence-corrected chi connectivity index (χ0v) is 12.6. The van der Waals surface area contributed by atoms with E-state index < -0.39 is 0 Å². The first-order valence-corrected chi connectivity index (χ1v) is 7.89. The highest BCUT2D eigenvalue weighted by Crippen LogP contribution is 2.31. The summed E-state index contributed by atoms with van der Waals surface area (Å²) in [4.78, 5) is 2.59. The molecule has 2 nitrogen and oxygen atoms in total. The Morgan fingerprint density at radius 3 is 2.95 bits per heavy atom. The van der Waals surface area contributed by atoms with Crippen LogP contribution in [0.4, 0.5) is 5.69 Å². The molecule has 1 atom stereocenters. The van der Waals surface area contributed by atoms with Crippen LogP contribution in [0, 0.1) is 0 Å². The largest absolute Gasteiger partial charge is 0.368 e. The fraction of sp³-hybridized carbons (Fsp3) is 0.625. The molecule has 1 unspecified atom stereocenters. The highest BCUT2D eigenvalue weighted by molar-refractivity contribution is 6.30. The summed E-state index contributed by atoms with van der Waals surface area (Å²) in [7, 11) is 0. The van der Waals surface area contributed by atoms with Crippen LogP contribution in [0.1, 0.15) is 44.6 Å². The van der Waals surface area contributed by atoms with Crippen molar-refractivity contribution in [2.75, 3.05) is 18.0 Å². The third kappa shape index (κ3) is 3.64. The Labute approximate surface area is 121 Å². The van der Waals surface area contributed by atoms with Gasteiger partial charge in [0.05, 0.1) is 0 Å². The molecule has 2 rings (SSSR count). The number of nitrogens with zero attached hydrogens (tertiary/aromatic N) is 1. The highest BCUT2D eigenvalue weighted by atomic mass is 35.5. The first kappa shape index (κ1) is 14.7. The van der Waals surface area contributed by atoms with Crippen LogP contribution in [-0.4, -0.2) is 19.1 Å². The first-order chi connectivity index (χ1) is 9.26. The molecule has 3 heteroatoms. The van der Waals surface area contributed by atoms with Gasteiger partial charge in [0.25, 0.3) is 0 Å². The van der Waals surface area contributed by atoms with E-state index in [9.17, 15) is 0 Å². The van der Waals surface area contributed by atoms with Gasteiger partial charge < -0.3 is 10.6 Å². The Morgan fingerprint density at radius 2 is 2.21 bits per heavy atom. The summed E-state index contributed by atoms with van der Waals surface area (Å²) in [5.41, 5.74) is 8.40. The van der Waals surface area contributed by atoms with Crippen LogP contribution in [0.25, 0.3) is 0 Å². The minimum absolute atomic E-state index is 0.680. The molecule has 1 saturated heterocycles. The lowest BCUT2D eigenvalue weighted by molar-refractivity contribution is 0.434. The van der Waals surface area contributed by atoms with Crippen molar-refractivity contribution in [3.63, 3.8) is 0 Å². The van der Waals surface area contributed by atoms with Crippen molar-refractivity contribution in [3.05, 3.63) is 28.8 Å². The zero-order valence-electron chi connectivity index (χ0n) is 11.9. The smallest absolute Gasteiger partial charge is 0.0410 e. The molecule has 2 N–H and O–H groups in total.